The van der Waals surface area contributed by atoms with Gasteiger partial charge in [-0.25, -0.2) is 0 Å². The minimum Gasteiger partial charge on any atom is -0.494 e. The van der Waals surface area contributed by atoms with E-state index in [0.29, 0.717) is 13.2 Å². The molecule has 3 aromatic rings. The number of nitrogen functional groups attached to an aromatic ring is 1. The Bertz CT molecular complexity index is 833. The van der Waals surface area contributed by atoms with Crippen LogP contribution < -0.4 is 15.3 Å². The molecule has 0 aliphatic carbocycles. The van der Waals surface area contributed by atoms with Crippen molar-refractivity contribution in [1.82, 2.24) is 4.57 Å². The van der Waals surface area contributed by atoms with Gasteiger partial charge in [-0.15, -0.1) is 0 Å². The maximum absolute atomic E-state index is 12.2. The Morgan fingerprint density at radius 2 is 1.78 bits per heavy atom. The van der Waals surface area contributed by atoms with Crippen LogP contribution in [0, 0.1) is 0 Å². The van der Waals surface area contributed by atoms with Crippen LogP contribution in [0.5, 0.6) is 5.75 Å². The molecule has 1 heterocycles. The summed E-state index contributed by atoms with van der Waals surface area (Å²) < 4.78 is 7.24. The topological polar surface area (TPSA) is 57.2 Å². The lowest BCUT2D eigenvalue weighted by molar-refractivity contribution is 0.340. The van der Waals surface area contributed by atoms with E-state index < -0.39 is 0 Å². The molecule has 0 saturated carbocycles. The van der Waals surface area contributed by atoms with Crippen molar-refractivity contribution < 1.29 is 4.74 Å². The highest BCUT2D eigenvalue weighted by molar-refractivity contribution is 7.07. The molecule has 3 rings (SSSR count). The Morgan fingerprint density at radius 1 is 1.09 bits per heavy atom. The molecule has 2 N–H and O–H groups in total. The number of hydrogen-bond donors (Lipinski definition) is 1. The van der Waals surface area contributed by atoms with Gasteiger partial charge in [-0.05, 0) is 54.4 Å². The van der Waals surface area contributed by atoms with Crippen LogP contribution in [0.4, 0.5) is 5.69 Å². The molecule has 0 atom stereocenters. The molecular weight excluding hydrogens is 308 g/mol. The second-order valence-electron chi connectivity index (χ2n) is 5.17. The van der Waals surface area contributed by atoms with Crippen molar-refractivity contribution in [3.8, 4) is 17.0 Å². The largest absolute Gasteiger partial charge is 0.494 e. The third kappa shape index (κ3) is 3.46. The molecule has 0 radical (unpaired) electrons. The van der Waals surface area contributed by atoms with E-state index in [0.717, 1.165) is 28.3 Å². The quantitative estimate of drug-likeness (QED) is 0.729. The van der Waals surface area contributed by atoms with Gasteiger partial charge in [0, 0.05) is 11.1 Å². The van der Waals surface area contributed by atoms with E-state index in [1.54, 1.807) is 4.57 Å². The van der Waals surface area contributed by atoms with Crippen molar-refractivity contribution in [3.63, 3.8) is 0 Å². The zero-order valence-electron chi connectivity index (χ0n) is 12.9. The number of ether oxygens (including phenoxy) is 1. The van der Waals surface area contributed by atoms with Crippen LogP contribution >= 0.6 is 11.3 Å². The normalized spacial score (nSPS) is 10.7. The molecule has 0 unspecified atom stereocenters. The SMILES string of the molecule is CCOc1ccc(-c2csc(=O)n2Cc2ccc(N)cc2)cc1. The highest BCUT2D eigenvalue weighted by Gasteiger charge is 2.10. The fraction of sp³-hybridized carbons (Fsp3) is 0.167. The van der Waals surface area contributed by atoms with E-state index >= 15 is 0 Å². The maximum atomic E-state index is 12.2. The minimum absolute atomic E-state index is 0.0331. The van der Waals surface area contributed by atoms with Gasteiger partial charge in [-0.2, -0.15) is 0 Å². The summed E-state index contributed by atoms with van der Waals surface area (Å²) in [7, 11) is 0. The van der Waals surface area contributed by atoms with Gasteiger partial charge < -0.3 is 10.5 Å². The summed E-state index contributed by atoms with van der Waals surface area (Å²) in [6, 6.07) is 15.4. The van der Waals surface area contributed by atoms with Gasteiger partial charge in [0.1, 0.15) is 5.75 Å². The number of hydrogen-bond acceptors (Lipinski definition) is 4. The van der Waals surface area contributed by atoms with Crippen molar-refractivity contribution >= 4 is 17.0 Å². The fourth-order valence-electron chi connectivity index (χ4n) is 2.40. The van der Waals surface area contributed by atoms with Crippen molar-refractivity contribution in [2.75, 3.05) is 12.3 Å². The summed E-state index contributed by atoms with van der Waals surface area (Å²) in [5, 5.41) is 1.90. The van der Waals surface area contributed by atoms with Gasteiger partial charge in [0.15, 0.2) is 0 Å². The predicted octanol–water partition coefficient (Wildman–Crippen LogP) is 3.61. The van der Waals surface area contributed by atoms with Crippen molar-refractivity contribution in [2.24, 2.45) is 0 Å². The van der Waals surface area contributed by atoms with E-state index in [2.05, 4.69) is 0 Å². The lowest BCUT2D eigenvalue weighted by Crippen LogP contribution is -2.15. The van der Waals surface area contributed by atoms with E-state index in [-0.39, 0.29) is 4.87 Å². The monoisotopic (exact) mass is 326 g/mol. The summed E-state index contributed by atoms with van der Waals surface area (Å²) in [6.45, 7) is 3.13. The van der Waals surface area contributed by atoms with Crippen LogP contribution in [0.2, 0.25) is 0 Å². The fourth-order valence-corrected chi connectivity index (χ4v) is 3.17. The van der Waals surface area contributed by atoms with Crippen LogP contribution in [-0.2, 0) is 6.54 Å². The molecule has 118 valence electrons. The molecule has 0 aliphatic heterocycles. The molecule has 0 amide bonds. The Morgan fingerprint density at radius 3 is 2.43 bits per heavy atom. The van der Waals surface area contributed by atoms with Crippen molar-refractivity contribution in [1.29, 1.82) is 0 Å². The third-order valence-electron chi connectivity index (χ3n) is 3.56. The number of nitrogens with two attached hydrogens (primary N) is 1. The van der Waals surface area contributed by atoms with Gasteiger partial charge in [-0.1, -0.05) is 23.5 Å². The van der Waals surface area contributed by atoms with E-state index in [1.807, 2.05) is 60.8 Å². The lowest BCUT2D eigenvalue weighted by atomic mass is 10.1. The molecule has 0 fully saturated rings. The first-order chi connectivity index (χ1) is 11.2. The van der Waals surface area contributed by atoms with E-state index in [9.17, 15) is 4.79 Å². The Kier molecular flexibility index (Phi) is 4.48. The Labute approximate surface area is 138 Å². The number of anilines is 1. The van der Waals surface area contributed by atoms with Crippen LogP contribution in [0.25, 0.3) is 11.3 Å². The molecule has 0 aliphatic rings. The first-order valence-electron chi connectivity index (χ1n) is 7.43. The van der Waals surface area contributed by atoms with Crippen LogP contribution in [0.3, 0.4) is 0 Å². The van der Waals surface area contributed by atoms with Crippen LogP contribution in [0.15, 0.2) is 58.7 Å². The maximum Gasteiger partial charge on any atom is 0.307 e. The first kappa shape index (κ1) is 15.4. The zero-order chi connectivity index (χ0) is 16.2. The average molecular weight is 326 g/mol. The molecule has 4 nitrogen and oxygen atoms in total. The number of rotatable bonds is 5. The molecule has 2 aromatic carbocycles. The summed E-state index contributed by atoms with van der Waals surface area (Å²) in [6.07, 6.45) is 0. The molecule has 0 spiro atoms. The molecular formula is C18H18N2O2S. The molecule has 5 heteroatoms. The van der Waals surface area contributed by atoms with E-state index in [1.165, 1.54) is 11.3 Å². The summed E-state index contributed by atoms with van der Waals surface area (Å²) in [5.41, 5.74) is 9.40. The first-order valence-corrected chi connectivity index (χ1v) is 8.31. The van der Waals surface area contributed by atoms with Crippen molar-refractivity contribution in [2.45, 2.75) is 13.5 Å². The van der Waals surface area contributed by atoms with Gasteiger partial charge in [0.05, 0.1) is 18.8 Å². The Hall–Kier alpha value is -2.53. The molecule has 0 saturated heterocycles. The smallest absolute Gasteiger partial charge is 0.307 e. The third-order valence-corrected chi connectivity index (χ3v) is 4.33. The Balaban J connectivity index is 1.91. The van der Waals surface area contributed by atoms with Gasteiger partial charge in [-0.3, -0.25) is 9.36 Å². The second-order valence-corrected chi connectivity index (χ2v) is 5.99. The van der Waals surface area contributed by atoms with Crippen LogP contribution in [-0.4, -0.2) is 11.2 Å². The summed E-state index contributed by atoms with van der Waals surface area (Å²) in [4.78, 5) is 12.2. The van der Waals surface area contributed by atoms with Gasteiger partial charge in [0.25, 0.3) is 0 Å². The number of nitrogens with zero attached hydrogens (tertiary/aromatic N) is 1. The average Bonchev–Trinajstić information content (AvgIpc) is 2.92. The van der Waals surface area contributed by atoms with Crippen molar-refractivity contribution in [3.05, 3.63) is 69.1 Å². The van der Waals surface area contributed by atoms with Gasteiger partial charge >= 0.3 is 4.87 Å². The summed E-state index contributed by atoms with van der Waals surface area (Å²) in [5.74, 6) is 0.832. The molecule has 1 aromatic heterocycles. The van der Waals surface area contributed by atoms with Crippen LogP contribution in [0.1, 0.15) is 12.5 Å². The highest BCUT2D eigenvalue weighted by atomic mass is 32.1. The van der Waals surface area contributed by atoms with Gasteiger partial charge in [0.2, 0.25) is 0 Å². The predicted molar refractivity (Wildman–Crippen MR) is 95.1 cm³/mol. The zero-order valence-corrected chi connectivity index (χ0v) is 13.7. The standard InChI is InChI=1S/C18H18N2O2S/c1-2-22-16-9-5-14(6-10-16)17-12-23-18(21)20(17)11-13-3-7-15(19)8-4-13/h3-10,12H,2,11,19H2,1H3. The summed E-state index contributed by atoms with van der Waals surface area (Å²) >= 11 is 1.21. The number of thiazole rings is 1. The molecule has 23 heavy (non-hydrogen) atoms. The number of aromatic nitrogens is 1. The molecule has 0 bridgehead atoms. The van der Waals surface area contributed by atoms with E-state index in [4.69, 9.17) is 10.5 Å². The highest BCUT2D eigenvalue weighted by Crippen LogP contribution is 2.24. The lowest BCUT2D eigenvalue weighted by Gasteiger charge is -2.09. The second kappa shape index (κ2) is 6.71. The minimum atomic E-state index is 0.0331. The number of benzene rings is 2.